The molecule has 0 spiro atoms. The summed E-state index contributed by atoms with van der Waals surface area (Å²) in [7, 11) is 0. The van der Waals surface area contributed by atoms with Crippen molar-refractivity contribution in [3.05, 3.63) is 69.7 Å². The molecule has 2 amide bonds. The third kappa shape index (κ3) is 7.43. The van der Waals surface area contributed by atoms with Crippen molar-refractivity contribution in [2.75, 3.05) is 5.75 Å². The SMILES string of the molecule is CC[C@H](C(=O)NC1CCCC1)N(Cc1ccc(Cl)cc1)C(=O)CSCc1ccc(Cl)cc1. The Morgan fingerprint density at radius 3 is 2.12 bits per heavy atom. The van der Waals surface area contributed by atoms with E-state index in [0.29, 0.717) is 34.5 Å². The minimum Gasteiger partial charge on any atom is -0.352 e. The molecule has 32 heavy (non-hydrogen) atoms. The number of hydrogen-bond acceptors (Lipinski definition) is 3. The van der Waals surface area contributed by atoms with Crippen LogP contribution in [0.2, 0.25) is 10.0 Å². The summed E-state index contributed by atoms with van der Waals surface area (Å²) in [6, 6.07) is 14.8. The van der Waals surface area contributed by atoms with Crippen LogP contribution in [0.5, 0.6) is 0 Å². The molecule has 0 saturated heterocycles. The monoisotopic (exact) mass is 492 g/mol. The van der Waals surface area contributed by atoms with E-state index in [1.165, 1.54) is 0 Å². The number of hydrogen-bond donors (Lipinski definition) is 1. The van der Waals surface area contributed by atoms with Crippen LogP contribution in [0.25, 0.3) is 0 Å². The zero-order chi connectivity index (χ0) is 22.9. The molecule has 1 aliphatic rings. The van der Waals surface area contributed by atoms with Gasteiger partial charge in [0, 0.05) is 28.4 Å². The van der Waals surface area contributed by atoms with Gasteiger partial charge in [0.1, 0.15) is 6.04 Å². The van der Waals surface area contributed by atoms with Gasteiger partial charge in [0.05, 0.1) is 5.75 Å². The van der Waals surface area contributed by atoms with Gasteiger partial charge in [-0.3, -0.25) is 9.59 Å². The van der Waals surface area contributed by atoms with Crippen LogP contribution >= 0.6 is 35.0 Å². The fourth-order valence-corrected chi connectivity index (χ4v) is 5.12. The van der Waals surface area contributed by atoms with Crippen LogP contribution in [0.1, 0.15) is 50.2 Å². The molecular formula is C25H30Cl2N2O2S. The zero-order valence-electron chi connectivity index (χ0n) is 18.4. The van der Waals surface area contributed by atoms with E-state index < -0.39 is 6.04 Å². The van der Waals surface area contributed by atoms with Crippen molar-refractivity contribution in [1.29, 1.82) is 0 Å². The molecule has 1 saturated carbocycles. The second kappa shape index (κ2) is 12.5. The summed E-state index contributed by atoms with van der Waals surface area (Å²) in [4.78, 5) is 28.1. The third-order valence-electron chi connectivity index (χ3n) is 5.76. The van der Waals surface area contributed by atoms with Crippen LogP contribution in [0.3, 0.4) is 0 Å². The van der Waals surface area contributed by atoms with Gasteiger partial charge in [0.15, 0.2) is 0 Å². The van der Waals surface area contributed by atoms with Gasteiger partial charge in [0.2, 0.25) is 11.8 Å². The van der Waals surface area contributed by atoms with Crippen LogP contribution in [-0.2, 0) is 21.9 Å². The first-order chi connectivity index (χ1) is 15.5. The molecule has 1 aliphatic carbocycles. The molecule has 1 N–H and O–H groups in total. The van der Waals surface area contributed by atoms with E-state index in [1.807, 2.05) is 55.5 Å². The highest BCUT2D eigenvalue weighted by Gasteiger charge is 2.30. The Hall–Kier alpha value is -1.69. The van der Waals surface area contributed by atoms with E-state index in [9.17, 15) is 9.59 Å². The number of amides is 2. The Labute approximate surface area is 205 Å². The maximum absolute atomic E-state index is 13.3. The van der Waals surface area contributed by atoms with Crippen molar-refractivity contribution in [2.24, 2.45) is 0 Å². The van der Waals surface area contributed by atoms with E-state index in [2.05, 4.69) is 5.32 Å². The first kappa shape index (κ1) is 24.9. The lowest BCUT2D eigenvalue weighted by atomic mass is 10.1. The first-order valence-corrected chi connectivity index (χ1v) is 13.0. The summed E-state index contributed by atoms with van der Waals surface area (Å²) in [5, 5.41) is 4.52. The Morgan fingerprint density at radius 2 is 1.56 bits per heavy atom. The van der Waals surface area contributed by atoms with Gasteiger partial charge < -0.3 is 10.2 Å². The van der Waals surface area contributed by atoms with Crippen LogP contribution in [0.15, 0.2) is 48.5 Å². The van der Waals surface area contributed by atoms with Gasteiger partial charge in [-0.25, -0.2) is 0 Å². The second-order valence-corrected chi connectivity index (χ2v) is 10.0. The molecule has 0 heterocycles. The van der Waals surface area contributed by atoms with Gasteiger partial charge in [-0.05, 0) is 54.7 Å². The van der Waals surface area contributed by atoms with Crippen molar-refractivity contribution < 1.29 is 9.59 Å². The molecule has 2 aromatic carbocycles. The first-order valence-electron chi connectivity index (χ1n) is 11.1. The predicted octanol–water partition coefficient (Wildman–Crippen LogP) is 6.09. The fourth-order valence-electron chi connectivity index (χ4n) is 3.99. The highest BCUT2D eigenvalue weighted by Crippen LogP contribution is 2.21. The Morgan fingerprint density at radius 1 is 1.00 bits per heavy atom. The molecular weight excluding hydrogens is 463 g/mol. The summed E-state index contributed by atoms with van der Waals surface area (Å²) in [5.41, 5.74) is 2.07. The van der Waals surface area contributed by atoms with Crippen LogP contribution in [0.4, 0.5) is 0 Å². The van der Waals surface area contributed by atoms with Crippen LogP contribution < -0.4 is 5.32 Å². The normalized spacial score (nSPS) is 14.8. The topological polar surface area (TPSA) is 49.4 Å². The number of halogens is 2. The van der Waals surface area contributed by atoms with Crippen LogP contribution in [0, 0.1) is 0 Å². The van der Waals surface area contributed by atoms with Crippen molar-refractivity contribution >= 4 is 46.8 Å². The number of carbonyl (C=O) groups excluding carboxylic acids is 2. The number of carbonyl (C=O) groups is 2. The van der Waals surface area contributed by atoms with E-state index in [-0.39, 0.29) is 17.9 Å². The maximum atomic E-state index is 13.3. The Bertz CT molecular complexity index is 884. The highest BCUT2D eigenvalue weighted by molar-refractivity contribution is 7.99. The largest absolute Gasteiger partial charge is 0.352 e. The molecule has 0 aromatic heterocycles. The summed E-state index contributed by atoms with van der Waals surface area (Å²) in [5.74, 6) is 0.934. The van der Waals surface area contributed by atoms with Gasteiger partial charge >= 0.3 is 0 Å². The summed E-state index contributed by atoms with van der Waals surface area (Å²) in [6.45, 7) is 2.34. The smallest absolute Gasteiger partial charge is 0.243 e. The summed E-state index contributed by atoms with van der Waals surface area (Å²) >= 11 is 13.5. The molecule has 0 unspecified atom stereocenters. The molecule has 0 aliphatic heterocycles. The molecule has 0 bridgehead atoms. The van der Waals surface area contributed by atoms with Gasteiger partial charge in [0.25, 0.3) is 0 Å². The highest BCUT2D eigenvalue weighted by atomic mass is 35.5. The molecule has 4 nitrogen and oxygen atoms in total. The molecule has 2 aromatic rings. The lowest BCUT2D eigenvalue weighted by Gasteiger charge is -2.31. The predicted molar refractivity (Wildman–Crippen MR) is 134 cm³/mol. The van der Waals surface area contributed by atoms with Gasteiger partial charge in [-0.1, -0.05) is 67.2 Å². The third-order valence-corrected chi connectivity index (χ3v) is 7.25. The number of nitrogens with one attached hydrogen (secondary N) is 1. The Balaban J connectivity index is 1.68. The molecule has 1 fully saturated rings. The summed E-state index contributed by atoms with van der Waals surface area (Å²) < 4.78 is 0. The lowest BCUT2D eigenvalue weighted by Crippen LogP contribution is -2.51. The minimum absolute atomic E-state index is 0.0349. The molecule has 3 rings (SSSR count). The average Bonchev–Trinajstić information content (AvgIpc) is 3.29. The van der Waals surface area contributed by atoms with Crippen LogP contribution in [-0.4, -0.2) is 34.6 Å². The number of rotatable bonds is 10. The maximum Gasteiger partial charge on any atom is 0.243 e. The Kier molecular flexibility index (Phi) is 9.76. The average molecular weight is 494 g/mol. The van der Waals surface area contributed by atoms with Gasteiger partial charge in [-0.2, -0.15) is 0 Å². The van der Waals surface area contributed by atoms with Crippen molar-refractivity contribution in [3.63, 3.8) is 0 Å². The summed E-state index contributed by atoms with van der Waals surface area (Å²) in [6.07, 6.45) is 4.90. The van der Waals surface area contributed by atoms with E-state index in [0.717, 1.165) is 36.8 Å². The zero-order valence-corrected chi connectivity index (χ0v) is 20.7. The molecule has 172 valence electrons. The fraction of sp³-hybridized carbons (Fsp3) is 0.440. The van der Waals surface area contributed by atoms with Crippen molar-refractivity contribution in [2.45, 2.75) is 63.4 Å². The van der Waals surface area contributed by atoms with E-state index >= 15 is 0 Å². The van der Waals surface area contributed by atoms with E-state index in [1.54, 1.807) is 16.7 Å². The molecule has 0 radical (unpaired) electrons. The number of benzene rings is 2. The van der Waals surface area contributed by atoms with E-state index in [4.69, 9.17) is 23.2 Å². The van der Waals surface area contributed by atoms with Crippen molar-refractivity contribution in [1.82, 2.24) is 10.2 Å². The molecule has 7 heteroatoms. The molecule has 1 atom stereocenters. The van der Waals surface area contributed by atoms with Crippen molar-refractivity contribution in [3.8, 4) is 0 Å². The second-order valence-electron chi connectivity index (χ2n) is 8.18. The quantitative estimate of drug-likeness (QED) is 0.436. The minimum atomic E-state index is -0.491. The number of nitrogens with zero attached hydrogens (tertiary/aromatic N) is 1. The van der Waals surface area contributed by atoms with Gasteiger partial charge in [-0.15, -0.1) is 11.8 Å². The standard InChI is InChI=1S/C25H30Cl2N2O2S/c1-2-23(25(31)28-22-5-3-4-6-22)29(15-18-7-11-20(26)12-8-18)24(30)17-32-16-19-9-13-21(27)14-10-19/h7-14,22-23H,2-6,15-17H2,1H3,(H,28,31)/t23-/m1/s1. The number of thioether (sulfide) groups is 1. The lowest BCUT2D eigenvalue weighted by molar-refractivity contribution is -0.139.